The molecule has 1 heterocycles. The first-order valence-electron chi connectivity index (χ1n) is 3.45. The van der Waals surface area contributed by atoms with E-state index in [1.54, 1.807) is 16.2 Å². The fourth-order valence-corrected chi connectivity index (χ4v) is 0.713. The normalized spacial score (nSPS) is 9.38. The third-order valence-corrected chi connectivity index (χ3v) is 1.81. The predicted molar refractivity (Wildman–Crippen MR) is 55.0 cm³/mol. The van der Waals surface area contributed by atoms with Crippen LogP contribution >= 0.6 is 22.9 Å². The Kier molecular flexibility index (Phi) is 3.35. The minimum atomic E-state index is -0.543. The van der Waals surface area contributed by atoms with Crippen LogP contribution in [0.1, 0.15) is 10.6 Å². The molecule has 0 bridgehead atoms. The standard InChI is InChI=1S/C8H8INO3/c1-6(10(2)9)13-8(11)7-4-3-5-12-7/h3-5H,1H2,2H3. The third kappa shape index (κ3) is 2.76. The van der Waals surface area contributed by atoms with Crippen molar-refractivity contribution in [3.8, 4) is 0 Å². The molecule has 4 nitrogen and oxygen atoms in total. The van der Waals surface area contributed by atoms with E-state index in [9.17, 15) is 4.79 Å². The van der Waals surface area contributed by atoms with Crippen LogP contribution in [0.4, 0.5) is 0 Å². The van der Waals surface area contributed by atoms with E-state index in [2.05, 4.69) is 6.58 Å². The Hall–Kier alpha value is -0.980. The van der Waals surface area contributed by atoms with Crippen LogP contribution in [0.25, 0.3) is 0 Å². The molecule has 1 rings (SSSR count). The summed E-state index contributed by atoms with van der Waals surface area (Å²) in [5, 5.41) is 0. The van der Waals surface area contributed by atoms with Crippen LogP contribution in [0, 0.1) is 0 Å². The maximum absolute atomic E-state index is 11.2. The molecular weight excluding hydrogens is 285 g/mol. The lowest BCUT2D eigenvalue weighted by Gasteiger charge is -2.11. The van der Waals surface area contributed by atoms with E-state index in [1.165, 1.54) is 12.3 Å². The molecule has 0 atom stereocenters. The number of esters is 1. The van der Waals surface area contributed by atoms with Crippen molar-refractivity contribution in [1.82, 2.24) is 3.11 Å². The van der Waals surface area contributed by atoms with Crippen LogP contribution < -0.4 is 0 Å². The fraction of sp³-hybridized carbons (Fsp3) is 0.125. The number of carbonyl (C=O) groups excluding carboxylic acids is 1. The van der Waals surface area contributed by atoms with Crippen LogP contribution in [0.3, 0.4) is 0 Å². The van der Waals surface area contributed by atoms with Gasteiger partial charge in [0.15, 0.2) is 0 Å². The van der Waals surface area contributed by atoms with Gasteiger partial charge in [-0.3, -0.25) is 3.11 Å². The first-order chi connectivity index (χ1) is 6.11. The maximum atomic E-state index is 11.2. The van der Waals surface area contributed by atoms with Crippen molar-refractivity contribution in [3.63, 3.8) is 0 Å². The van der Waals surface area contributed by atoms with Gasteiger partial charge < -0.3 is 9.15 Å². The summed E-state index contributed by atoms with van der Waals surface area (Å²) in [5.41, 5.74) is 0. The molecule has 0 spiro atoms. The summed E-state index contributed by atoms with van der Waals surface area (Å²) in [6.45, 7) is 3.54. The van der Waals surface area contributed by atoms with E-state index in [1.807, 2.05) is 22.9 Å². The van der Waals surface area contributed by atoms with Crippen LogP contribution in [-0.4, -0.2) is 16.1 Å². The lowest BCUT2D eigenvalue weighted by atomic mass is 10.5. The Bertz CT molecular complexity index is 305. The highest BCUT2D eigenvalue weighted by Gasteiger charge is 2.12. The van der Waals surface area contributed by atoms with Crippen molar-refractivity contribution in [2.75, 3.05) is 7.05 Å². The van der Waals surface area contributed by atoms with Gasteiger partial charge in [0.1, 0.15) is 0 Å². The largest absolute Gasteiger partial charge is 0.457 e. The number of hydrogen-bond donors (Lipinski definition) is 0. The van der Waals surface area contributed by atoms with E-state index in [4.69, 9.17) is 9.15 Å². The first-order valence-corrected chi connectivity index (χ1v) is 4.42. The quantitative estimate of drug-likeness (QED) is 0.371. The van der Waals surface area contributed by atoms with Gasteiger partial charge in [-0.2, -0.15) is 0 Å². The van der Waals surface area contributed by atoms with Gasteiger partial charge >= 0.3 is 5.97 Å². The maximum Gasteiger partial charge on any atom is 0.380 e. The molecule has 0 unspecified atom stereocenters. The third-order valence-electron chi connectivity index (χ3n) is 1.28. The molecule has 0 N–H and O–H groups in total. The Balaban J connectivity index is 2.57. The van der Waals surface area contributed by atoms with E-state index in [0.717, 1.165) is 0 Å². The minimum absolute atomic E-state index is 0.166. The highest BCUT2D eigenvalue weighted by molar-refractivity contribution is 14.1. The molecule has 0 saturated carbocycles. The number of halogens is 1. The number of carbonyl (C=O) groups is 1. The van der Waals surface area contributed by atoms with Crippen molar-refractivity contribution < 1.29 is 13.9 Å². The van der Waals surface area contributed by atoms with Gasteiger partial charge in [-0.15, -0.1) is 0 Å². The fourth-order valence-electron chi connectivity index (χ4n) is 0.615. The summed E-state index contributed by atoms with van der Waals surface area (Å²) < 4.78 is 11.3. The van der Waals surface area contributed by atoms with E-state index in [0.29, 0.717) is 0 Å². The van der Waals surface area contributed by atoms with Gasteiger partial charge in [0.25, 0.3) is 0 Å². The van der Waals surface area contributed by atoms with Crippen LogP contribution in [0.15, 0.2) is 35.3 Å². The average Bonchev–Trinajstić information content (AvgIpc) is 2.55. The zero-order chi connectivity index (χ0) is 9.84. The summed E-state index contributed by atoms with van der Waals surface area (Å²) >= 11 is 1.95. The number of furan rings is 1. The Morgan fingerprint density at radius 3 is 2.92 bits per heavy atom. The number of hydrogen-bond acceptors (Lipinski definition) is 4. The second kappa shape index (κ2) is 4.31. The Labute approximate surface area is 89.6 Å². The second-order valence-electron chi connectivity index (χ2n) is 2.24. The summed E-state index contributed by atoms with van der Waals surface area (Å²) in [7, 11) is 1.72. The van der Waals surface area contributed by atoms with Gasteiger partial charge in [-0.25, -0.2) is 4.79 Å². The van der Waals surface area contributed by atoms with Crippen molar-refractivity contribution in [1.29, 1.82) is 0 Å². The number of ether oxygens (including phenoxy) is 1. The molecule has 5 heteroatoms. The summed E-state index contributed by atoms with van der Waals surface area (Å²) in [4.78, 5) is 11.2. The second-order valence-corrected chi connectivity index (χ2v) is 3.69. The molecule has 0 aliphatic heterocycles. The summed E-state index contributed by atoms with van der Waals surface area (Å²) in [6, 6.07) is 3.15. The van der Waals surface area contributed by atoms with Gasteiger partial charge in [-0.1, -0.05) is 0 Å². The van der Waals surface area contributed by atoms with Crippen molar-refractivity contribution in [2.45, 2.75) is 0 Å². The predicted octanol–water partition coefficient (Wildman–Crippen LogP) is 2.19. The monoisotopic (exact) mass is 293 g/mol. The van der Waals surface area contributed by atoms with E-state index < -0.39 is 5.97 Å². The highest BCUT2D eigenvalue weighted by Crippen LogP contribution is 2.10. The molecule has 13 heavy (non-hydrogen) atoms. The number of nitrogens with zero attached hydrogens (tertiary/aromatic N) is 1. The van der Waals surface area contributed by atoms with Crippen LogP contribution in [0.5, 0.6) is 0 Å². The zero-order valence-electron chi connectivity index (χ0n) is 6.99. The van der Waals surface area contributed by atoms with Gasteiger partial charge in [0.2, 0.25) is 11.6 Å². The number of rotatable bonds is 3. The lowest BCUT2D eigenvalue weighted by Crippen LogP contribution is -2.11. The molecule has 0 saturated heterocycles. The van der Waals surface area contributed by atoms with Crippen molar-refractivity contribution in [2.24, 2.45) is 0 Å². The molecule has 1 aromatic heterocycles. The Morgan fingerprint density at radius 2 is 2.46 bits per heavy atom. The van der Waals surface area contributed by atoms with Crippen LogP contribution in [-0.2, 0) is 4.74 Å². The molecule has 0 amide bonds. The Morgan fingerprint density at radius 1 is 1.77 bits per heavy atom. The van der Waals surface area contributed by atoms with Crippen molar-refractivity contribution in [3.05, 3.63) is 36.6 Å². The van der Waals surface area contributed by atoms with Gasteiger partial charge in [0.05, 0.1) is 29.1 Å². The lowest BCUT2D eigenvalue weighted by molar-refractivity contribution is 0.0547. The van der Waals surface area contributed by atoms with E-state index >= 15 is 0 Å². The average molecular weight is 293 g/mol. The molecule has 0 aliphatic rings. The molecule has 0 aromatic carbocycles. The smallest absolute Gasteiger partial charge is 0.380 e. The van der Waals surface area contributed by atoms with Gasteiger partial charge in [-0.05, 0) is 18.7 Å². The molecule has 1 aromatic rings. The first kappa shape index (κ1) is 10.1. The molecule has 0 radical (unpaired) electrons. The molecular formula is C8H8INO3. The highest BCUT2D eigenvalue weighted by atomic mass is 127. The molecule has 70 valence electrons. The molecule has 0 aliphatic carbocycles. The topological polar surface area (TPSA) is 42.7 Å². The summed E-state index contributed by atoms with van der Waals surface area (Å²) in [5.74, 6) is -0.111. The SMILES string of the molecule is C=C(OC(=O)c1ccco1)N(C)I. The summed E-state index contributed by atoms with van der Waals surface area (Å²) in [6.07, 6.45) is 1.41. The van der Waals surface area contributed by atoms with Gasteiger partial charge in [0, 0.05) is 7.05 Å². The zero-order valence-corrected chi connectivity index (χ0v) is 9.15. The van der Waals surface area contributed by atoms with Crippen molar-refractivity contribution >= 4 is 28.8 Å². The van der Waals surface area contributed by atoms with Crippen LogP contribution in [0.2, 0.25) is 0 Å². The van der Waals surface area contributed by atoms with E-state index in [-0.39, 0.29) is 11.6 Å². The minimum Gasteiger partial charge on any atom is -0.457 e. The molecule has 0 fully saturated rings.